The fraction of sp³-hybridized carbons (Fsp3) is 0.235. The van der Waals surface area contributed by atoms with Gasteiger partial charge in [0.2, 0.25) is 5.79 Å². The molecule has 1 fully saturated rings. The van der Waals surface area contributed by atoms with E-state index in [1.54, 1.807) is 18.4 Å². The van der Waals surface area contributed by atoms with Crippen LogP contribution in [0, 0.1) is 10.1 Å². The van der Waals surface area contributed by atoms with Crippen molar-refractivity contribution < 1.29 is 23.9 Å². The third kappa shape index (κ3) is 2.61. The van der Waals surface area contributed by atoms with Crippen molar-refractivity contribution in [2.75, 3.05) is 19.8 Å². The number of allylic oxidation sites excluding steroid dienone is 1. The molecule has 0 aromatic heterocycles. The quantitative estimate of drug-likeness (QED) is 0.508. The normalized spacial score (nSPS) is 20.2. The fourth-order valence-electron chi connectivity index (χ4n) is 3.03. The number of carbonyl (C=O) groups is 1. The van der Waals surface area contributed by atoms with Crippen LogP contribution in [0.15, 0.2) is 59.5 Å². The highest BCUT2D eigenvalue weighted by Gasteiger charge is 2.46. The van der Waals surface area contributed by atoms with Crippen LogP contribution in [0.5, 0.6) is 0 Å². The second-order valence-corrected chi connectivity index (χ2v) is 5.67. The summed E-state index contributed by atoms with van der Waals surface area (Å²) >= 11 is 0. The van der Waals surface area contributed by atoms with Crippen LogP contribution in [0.4, 0.5) is 5.69 Å². The highest BCUT2D eigenvalue weighted by molar-refractivity contribution is 5.91. The van der Waals surface area contributed by atoms with Crippen LogP contribution in [0.1, 0.15) is 10.4 Å². The van der Waals surface area contributed by atoms with E-state index in [2.05, 4.69) is 5.32 Å². The molecule has 1 saturated heterocycles. The van der Waals surface area contributed by atoms with Gasteiger partial charge in [0.25, 0.3) is 5.69 Å². The second-order valence-electron chi connectivity index (χ2n) is 5.67. The Balaban J connectivity index is 1.59. The molecule has 4 rings (SSSR count). The Labute approximate surface area is 142 Å². The maximum atomic E-state index is 12.4. The highest BCUT2D eigenvalue weighted by Crippen LogP contribution is 2.42. The Kier molecular flexibility index (Phi) is 3.63. The number of hydrogen-bond acceptors (Lipinski definition) is 7. The summed E-state index contributed by atoms with van der Waals surface area (Å²) in [7, 11) is 0. The molecule has 0 atom stereocenters. The fourth-order valence-corrected chi connectivity index (χ4v) is 3.03. The number of nitro benzene ring substituents is 1. The van der Waals surface area contributed by atoms with Crippen LogP contribution >= 0.6 is 0 Å². The van der Waals surface area contributed by atoms with E-state index in [0.717, 1.165) is 11.1 Å². The molecule has 8 heteroatoms. The summed E-state index contributed by atoms with van der Waals surface area (Å²) in [5.74, 6) is -1.23. The zero-order valence-corrected chi connectivity index (χ0v) is 13.1. The first-order valence-corrected chi connectivity index (χ1v) is 7.70. The van der Waals surface area contributed by atoms with Gasteiger partial charge < -0.3 is 19.5 Å². The van der Waals surface area contributed by atoms with Crippen LogP contribution in [0.3, 0.4) is 0 Å². The van der Waals surface area contributed by atoms with E-state index in [-0.39, 0.29) is 11.3 Å². The topological polar surface area (TPSA) is 99.9 Å². The lowest BCUT2D eigenvalue weighted by atomic mass is 10.0. The van der Waals surface area contributed by atoms with Gasteiger partial charge in [-0.3, -0.25) is 10.1 Å². The molecule has 8 nitrogen and oxygen atoms in total. The summed E-state index contributed by atoms with van der Waals surface area (Å²) in [4.78, 5) is 22.6. The van der Waals surface area contributed by atoms with Gasteiger partial charge in [-0.05, 0) is 24.4 Å². The van der Waals surface area contributed by atoms with E-state index in [1.165, 1.54) is 24.3 Å². The number of hydrogen-bond donors (Lipinski definition) is 1. The van der Waals surface area contributed by atoms with Crippen molar-refractivity contribution in [2.45, 2.75) is 5.79 Å². The van der Waals surface area contributed by atoms with Crippen molar-refractivity contribution in [1.82, 2.24) is 5.32 Å². The lowest BCUT2D eigenvalue weighted by Gasteiger charge is -2.25. The van der Waals surface area contributed by atoms with Crippen LogP contribution in [0.2, 0.25) is 0 Å². The van der Waals surface area contributed by atoms with Gasteiger partial charge in [-0.2, -0.15) is 0 Å². The smallest absolute Gasteiger partial charge is 0.343 e. The minimum absolute atomic E-state index is 0.0883. The molecule has 1 aliphatic carbocycles. The molecule has 0 amide bonds. The SMILES string of the molecule is O=C(OC1=CC2(OCCO2)C2=C1C=CNC2)c1ccc([N+](=O)[O-])cc1. The number of carbonyl (C=O) groups excluding carboxylic acids is 1. The van der Waals surface area contributed by atoms with Crippen LogP contribution in [0.25, 0.3) is 0 Å². The summed E-state index contributed by atoms with van der Waals surface area (Å²) < 4.78 is 17.0. The van der Waals surface area contributed by atoms with Gasteiger partial charge in [-0.15, -0.1) is 0 Å². The Morgan fingerprint density at radius 1 is 1.24 bits per heavy atom. The number of rotatable bonds is 3. The number of esters is 1. The molecule has 1 aromatic carbocycles. The largest absolute Gasteiger partial charge is 0.422 e. The van der Waals surface area contributed by atoms with Gasteiger partial charge in [0.05, 0.1) is 23.7 Å². The monoisotopic (exact) mass is 342 g/mol. The molecular formula is C17H14N2O6. The van der Waals surface area contributed by atoms with Crippen LogP contribution in [-0.2, 0) is 14.2 Å². The van der Waals surface area contributed by atoms with Crippen molar-refractivity contribution >= 4 is 11.7 Å². The second kappa shape index (κ2) is 5.83. The molecule has 1 aromatic rings. The van der Waals surface area contributed by atoms with E-state index in [4.69, 9.17) is 14.2 Å². The zero-order chi connectivity index (χ0) is 17.4. The number of dihydropyridines is 1. The van der Waals surface area contributed by atoms with Crippen molar-refractivity contribution in [2.24, 2.45) is 0 Å². The van der Waals surface area contributed by atoms with Crippen molar-refractivity contribution in [3.05, 3.63) is 75.2 Å². The standard InChI is InChI=1S/C17H14N2O6/c20-16(11-1-3-12(4-2-11)19(21)22)25-15-9-17(23-7-8-24-17)14-10-18-6-5-13(14)15/h1-6,9,18H,7-8,10H2. The maximum Gasteiger partial charge on any atom is 0.343 e. The van der Waals surface area contributed by atoms with E-state index in [1.807, 2.05) is 0 Å². The summed E-state index contributed by atoms with van der Waals surface area (Å²) in [5.41, 5.74) is 1.74. The first-order chi connectivity index (χ1) is 12.1. The van der Waals surface area contributed by atoms with Crippen molar-refractivity contribution in [3.63, 3.8) is 0 Å². The van der Waals surface area contributed by atoms with Crippen LogP contribution in [-0.4, -0.2) is 36.4 Å². The lowest BCUT2D eigenvalue weighted by molar-refractivity contribution is -0.384. The third-order valence-electron chi connectivity index (χ3n) is 4.21. The molecule has 2 aliphatic heterocycles. The number of nitro groups is 1. The Hall–Kier alpha value is -2.97. The van der Waals surface area contributed by atoms with Gasteiger partial charge in [-0.25, -0.2) is 4.79 Å². The number of nitrogens with zero attached hydrogens (tertiary/aromatic N) is 1. The molecule has 1 spiro atoms. The van der Waals surface area contributed by atoms with Crippen LogP contribution < -0.4 is 5.32 Å². The average Bonchev–Trinajstić information content (AvgIpc) is 3.22. The molecule has 0 saturated carbocycles. The Morgan fingerprint density at radius 2 is 1.96 bits per heavy atom. The predicted octanol–water partition coefficient (Wildman–Crippen LogP) is 1.81. The predicted molar refractivity (Wildman–Crippen MR) is 85.4 cm³/mol. The Morgan fingerprint density at radius 3 is 2.64 bits per heavy atom. The summed E-state index contributed by atoms with van der Waals surface area (Å²) in [6.07, 6.45) is 5.22. The van der Waals surface area contributed by atoms with Crippen molar-refractivity contribution in [3.8, 4) is 0 Å². The molecule has 2 heterocycles. The molecule has 1 N–H and O–H groups in total. The van der Waals surface area contributed by atoms with Gasteiger partial charge in [0.1, 0.15) is 5.76 Å². The third-order valence-corrected chi connectivity index (χ3v) is 4.21. The Bertz CT molecular complexity index is 831. The molecule has 25 heavy (non-hydrogen) atoms. The highest BCUT2D eigenvalue weighted by atomic mass is 16.7. The van der Waals surface area contributed by atoms with Gasteiger partial charge in [0.15, 0.2) is 0 Å². The molecule has 3 aliphatic rings. The number of nitrogens with one attached hydrogen (secondary N) is 1. The average molecular weight is 342 g/mol. The molecule has 0 unspecified atom stereocenters. The van der Waals surface area contributed by atoms with Gasteiger partial charge >= 0.3 is 5.97 Å². The molecular weight excluding hydrogens is 328 g/mol. The lowest BCUT2D eigenvalue weighted by Crippen LogP contribution is -2.34. The van der Waals surface area contributed by atoms with E-state index >= 15 is 0 Å². The van der Waals surface area contributed by atoms with E-state index in [0.29, 0.717) is 25.5 Å². The van der Waals surface area contributed by atoms with Gasteiger partial charge in [-0.1, -0.05) is 0 Å². The number of fused-ring (bicyclic) bond motifs is 1. The first-order valence-electron chi connectivity index (χ1n) is 7.70. The minimum Gasteiger partial charge on any atom is -0.422 e. The molecule has 128 valence electrons. The summed E-state index contributed by atoms with van der Waals surface area (Å²) in [6, 6.07) is 5.25. The van der Waals surface area contributed by atoms with Crippen molar-refractivity contribution in [1.29, 1.82) is 0 Å². The van der Waals surface area contributed by atoms with Gasteiger partial charge in [0, 0.05) is 35.9 Å². The summed E-state index contributed by atoms with van der Waals surface area (Å²) in [6.45, 7) is 1.45. The molecule has 0 bridgehead atoms. The number of benzene rings is 1. The maximum absolute atomic E-state index is 12.4. The number of ether oxygens (including phenoxy) is 3. The zero-order valence-electron chi connectivity index (χ0n) is 13.1. The minimum atomic E-state index is -0.988. The summed E-state index contributed by atoms with van der Waals surface area (Å²) in [5, 5.41) is 13.8. The first kappa shape index (κ1) is 15.6. The van der Waals surface area contributed by atoms with E-state index < -0.39 is 16.7 Å². The number of non-ortho nitro benzene ring substituents is 1. The van der Waals surface area contributed by atoms with E-state index in [9.17, 15) is 14.9 Å². The molecule has 0 radical (unpaired) electrons.